The molecule has 1 aliphatic rings. The summed E-state index contributed by atoms with van der Waals surface area (Å²) in [7, 11) is 1.99. The number of hydrogen-bond acceptors (Lipinski definition) is 4. The number of likely N-dealkylation sites (tertiary alicyclic amines) is 1. The number of aryl methyl sites for hydroxylation is 1. The molecule has 0 amide bonds. The largest absolute Gasteiger partial charge is 0.334 e. The minimum absolute atomic E-state index is 0.251. The first-order valence-electron chi connectivity index (χ1n) is 9.28. The van der Waals surface area contributed by atoms with Crippen LogP contribution in [-0.2, 0) is 18.3 Å². The lowest BCUT2D eigenvalue weighted by atomic mass is 10.0. The van der Waals surface area contributed by atoms with Gasteiger partial charge in [-0.25, -0.2) is 4.98 Å². The Labute approximate surface area is 153 Å². The molecule has 134 valence electrons. The van der Waals surface area contributed by atoms with Gasteiger partial charge in [-0.1, -0.05) is 18.6 Å². The van der Waals surface area contributed by atoms with Crippen LogP contribution in [0.25, 0.3) is 22.0 Å². The fourth-order valence-electron chi connectivity index (χ4n) is 3.70. The van der Waals surface area contributed by atoms with Gasteiger partial charge in [-0.2, -0.15) is 0 Å². The smallest absolute Gasteiger partial charge is 0.152 e. The van der Waals surface area contributed by atoms with Crippen LogP contribution in [0, 0.1) is 0 Å². The van der Waals surface area contributed by atoms with E-state index in [2.05, 4.69) is 33.1 Å². The molecule has 0 N–H and O–H groups in total. The third-order valence-corrected chi connectivity index (χ3v) is 5.12. The highest BCUT2D eigenvalue weighted by atomic mass is 16.1. The van der Waals surface area contributed by atoms with Crippen molar-refractivity contribution in [2.45, 2.75) is 25.7 Å². The van der Waals surface area contributed by atoms with Crippen molar-refractivity contribution in [1.82, 2.24) is 19.4 Å². The van der Waals surface area contributed by atoms with Crippen LogP contribution in [0.15, 0.2) is 43.0 Å². The normalized spacial score (nSPS) is 15.4. The summed E-state index contributed by atoms with van der Waals surface area (Å²) in [5, 5.41) is 2.20. The second kappa shape index (κ2) is 7.38. The van der Waals surface area contributed by atoms with E-state index < -0.39 is 0 Å². The summed E-state index contributed by atoms with van der Waals surface area (Å²) in [4.78, 5) is 23.4. The van der Waals surface area contributed by atoms with E-state index in [0.717, 1.165) is 40.8 Å². The lowest BCUT2D eigenvalue weighted by molar-refractivity contribution is -0.119. The van der Waals surface area contributed by atoms with Gasteiger partial charge in [0.25, 0.3) is 0 Å². The van der Waals surface area contributed by atoms with Crippen molar-refractivity contribution in [3.63, 3.8) is 0 Å². The number of hydrogen-bond donors (Lipinski definition) is 0. The van der Waals surface area contributed by atoms with Gasteiger partial charge >= 0.3 is 0 Å². The van der Waals surface area contributed by atoms with Crippen LogP contribution < -0.4 is 0 Å². The number of carbonyl (C=O) groups is 1. The molecule has 1 fully saturated rings. The highest BCUT2D eigenvalue weighted by molar-refractivity contribution is 5.88. The van der Waals surface area contributed by atoms with Crippen molar-refractivity contribution in [2.24, 2.45) is 7.05 Å². The summed E-state index contributed by atoms with van der Waals surface area (Å²) >= 11 is 0. The zero-order chi connectivity index (χ0) is 17.9. The summed E-state index contributed by atoms with van der Waals surface area (Å²) in [5.41, 5.74) is 3.04. The standard InChI is InChI=1S/C21H24N4O/c1-24-15-22-13-21(24)16-5-6-17-12-23-19(10-18(17)9-16)11-20(26)14-25-7-3-2-4-8-25/h5-6,9-10,12-13,15H,2-4,7-8,11,14H2,1H3. The lowest BCUT2D eigenvalue weighted by Gasteiger charge is -2.25. The van der Waals surface area contributed by atoms with Gasteiger partial charge in [0.2, 0.25) is 0 Å². The quantitative estimate of drug-likeness (QED) is 0.710. The maximum Gasteiger partial charge on any atom is 0.152 e. The zero-order valence-electron chi connectivity index (χ0n) is 15.2. The van der Waals surface area contributed by atoms with Gasteiger partial charge in [-0.3, -0.25) is 14.7 Å². The maximum atomic E-state index is 12.4. The predicted molar refractivity (Wildman–Crippen MR) is 103 cm³/mol. The Balaban J connectivity index is 1.52. The van der Waals surface area contributed by atoms with Gasteiger partial charge in [-0.05, 0) is 43.5 Å². The third kappa shape index (κ3) is 3.68. The van der Waals surface area contributed by atoms with Gasteiger partial charge in [0.1, 0.15) is 0 Å². The van der Waals surface area contributed by atoms with E-state index in [-0.39, 0.29) is 5.78 Å². The number of benzene rings is 1. The number of piperidine rings is 1. The molecule has 0 radical (unpaired) electrons. The number of pyridine rings is 1. The number of ketones is 1. The number of carbonyl (C=O) groups excluding carboxylic acids is 1. The molecule has 4 rings (SSSR count). The number of fused-ring (bicyclic) bond motifs is 1. The Morgan fingerprint density at radius 1 is 1.08 bits per heavy atom. The van der Waals surface area contributed by atoms with E-state index in [9.17, 15) is 4.79 Å². The molecule has 0 spiro atoms. The van der Waals surface area contributed by atoms with Gasteiger partial charge in [0.05, 0.1) is 31.2 Å². The van der Waals surface area contributed by atoms with Gasteiger partial charge in [-0.15, -0.1) is 0 Å². The molecule has 5 heteroatoms. The van der Waals surface area contributed by atoms with Crippen molar-refractivity contribution in [2.75, 3.05) is 19.6 Å². The Kier molecular flexibility index (Phi) is 4.80. The van der Waals surface area contributed by atoms with Crippen LogP contribution in [0.5, 0.6) is 0 Å². The Morgan fingerprint density at radius 3 is 2.69 bits per heavy atom. The average molecular weight is 348 g/mol. The minimum atomic E-state index is 0.251. The van der Waals surface area contributed by atoms with Gasteiger partial charge in [0.15, 0.2) is 5.78 Å². The van der Waals surface area contributed by atoms with Crippen LogP contribution in [0.4, 0.5) is 0 Å². The first kappa shape index (κ1) is 16.9. The predicted octanol–water partition coefficient (Wildman–Crippen LogP) is 3.23. The Morgan fingerprint density at radius 2 is 1.92 bits per heavy atom. The van der Waals surface area contributed by atoms with E-state index in [1.807, 2.05) is 30.1 Å². The van der Waals surface area contributed by atoms with Crippen LogP contribution in [-0.4, -0.2) is 44.9 Å². The van der Waals surface area contributed by atoms with Crippen LogP contribution in [0.3, 0.4) is 0 Å². The van der Waals surface area contributed by atoms with Crippen molar-refractivity contribution in [3.05, 3.63) is 48.7 Å². The topological polar surface area (TPSA) is 51.0 Å². The van der Waals surface area contributed by atoms with Gasteiger partial charge in [0, 0.05) is 29.9 Å². The Bertz CT molecular complexity index is 925. The van der Waals surface area contributed by atoms with Crippen molar-refractivity contribution >= 4 is 16.6 Å². The van der Waals surface area contributed by atoms with Crippen LogP contribution in [0.1, 0.15) is 25.0 Å². The molecule has 0 saturated carbocycles. The highest BCUT2D eigenvalue weighted by Gasteiger charge is 2.15. The molecule has 3 aromatic rings. The number of Topliss-reactive ketones (excluding diaryl/α,β-unsaturated/α-hetero) is 1. The molecular formula is C21H24N4O. The maximum absolute atomic E-state index is 12.4. The molecule has 26 heavy (non-hydrogen) atoms. The van der Waals surface area contributed by atoms with E-state index in [4.69, 9.17) is 0 Å². The van der Waals surface area contributed by atoms with E-state index in [0.29, 0.717) is 13.0 Å². The molecule has 0 aliphatic carbocycles. The molecular weight excluding hydrogens is 324 g/mol. The average Bonchev–Trinajstić information content (AvgIpc) is 3.08. The fraction of sp³-hybridized carbons (Fsp3) is 0.381. The fourth-order valence-corrected chi connectivity index (χ4v) is 3.70. The summed E-state index contributed by atoms with van der Waals surface area (Å²) in [6, 6.07) is 8.35. The SMILES string of the molecule is Cn1cncc1-c1ccc2cnc(CC(=O)CN3CCCCC3)cc2c1. The van der Waals surface area contributed by atoms with Crippen molar-refractivity contribution < 1.29 is 4.79 Å². The molecule has 1 aliphatic heterocycles. The highest BCUT2D eigenvalue weighted by Crippen LogP contribution is 2.24. The molecule has 0 atom stereocenters. The second-order valence-electron chi connectivity index (χ2n) is 7.18. The molecule has 1 aromatic carbocycles. The molecule has 5 nitrogen and oxygen atoms in total. The first-order valence-corrected chi connectivity index (χ1v) is 9.28. The van der Waals surface area contributed by atoms with Crippen LogP contribution in [0.2, 0.25) is 0 Å². The lowest BCUT2D eigenvalue weighted by Crippen LogP contribution is -2.35. The van der Waals surface area contributed by atoms with E-state index >= 15 is 0 Å². The first-order chi connectivity index (χ1) is 12.7. The van der Waals surface area contributed by atoms with Crippen LogP contribution >= 0.6 is 0 Å². The zero-order valence-corrected chi connectivity index (χ0v) is 15.2. The molecule has 2 aromatic heterocycles. The number of nitrogens with zero attached hydrogens (tertiary/aromatic N) is 4. The Hall–Kier alpha value is -2.53. The molecule has 0 bridgehead atoms. The number of rotatable bonds is 5. The molecule has 0 unspecified atom stereocenters. The summed E-state index contributed by atoms with van der Waals surface area (Å²) in [5.74, 6) is 0.251. The third-order valence-electron chi connectivity index (χ3n) is 5.12. The number of imidazole rings is 1. The van der Waals surface area contributed by atoms with Gasteiger partial charge < -0.3 is 4.57 Å². The summed E-state index contributed by atoms with van der Waals surface area (Å²) in [6.07, 6.45) is 9.64. The second-order valence-corrected chi connectivity index (χ2v) is 7.18. The molecule has 3 heterocycles. The van der Waals surface area contributed by atoms with E-state index in [1.165, 1.54) is 19.3 Å². The van der Waals surface area contributed by atoms with E-state index in [1.54, 1.807) is 6.33 Å². The van der Waals surface area contributed by atoms with Crippen molar-refractivity contribution in [3.8, 4) is 11.3 Å². The monoisotopic (exact) mass is 348 g/mol. The minimum Gasteiger partial charge on any atom is -0.334 e. The molecule has 1 saturated heterocycles. The summed E-state index contributed by atoms with van der Waals surface area (Å²) in [6.45, 7) is 2.64. The summed E-state index contributed by atoms with van der Waals surface area (Å²) < 4.78 is 2.01. The van der Waals surface area contributed by atoms with Crippen molar-refractivity contribution in [1.29, 1.82) is 0 Å². The number of aromatic nitrogens is 3.